The molecular weight excluding hydrogens is 310 g/mol. The van der Waals surface area contributed by atoms with Crippen molar-refractivity contribution >= 4 is 17.6 Å². The fraction of sp³-hybridized carbons (Fsp3) is 0.944. The first-order valence-electron chi connectivity index (χ1n) is 9.48. The third kappa shape index (κ3) is 4.76. The summed E-state index contributed by atoms with van der Waals surface area (Å²) in [5.74, 6) is 2.33. The molecule has 0 radical (unpaired) electrons. The van der Waals surface area contributed by atoms with E-state index < -0.39 is 0 Å². The molecule has 0 aromatic heterocycles. The highest BCUT2D eigenvalue weighted by molar-refractivity contribution is 6.20. The quantitative estimate of drug-likeness (QED) is 0.754. The van der Waals surface area contributed by atoms with E-state index in [2.05, 4.69) is 15.6 Å². The van der Waals surface area contributed by atoms with Crippen LogP contribution in [0.1, 0.15) is 57.8 Å². The molecule has 0 aromatic carbocycles. The molecule has 1 aliphatic heterocycles. The number of hydrogen-bond donors (Lipinski definition) is 2. The summed E-state index contributed by atoms with van der Waals surface area (Å²) in [6, 6.07) is 0.474. The molecule has 23 heavy (non-hydrogen) atoms. The Kier molecular flexibility index (Phi) is 6.46. The fourth-order valence-corrected chi connectivity index (χ4v) is 5.03. The lowest BCUT2D eigenvalue weighted by atomic mass is 9.76. The van der Waals surface area contributed by atoms with Crippen LogP contribution in [0.5, 0.6) is 0 Å². The van der Waals surface area contributed by atoms with Crippen LogP contribution in [0.2, 0.25) is 0 Å². The summed E-state index contributed by atoms with van der Waals surface area (Å²) < 4.78 is 5.78. The number of alkyl halides is 1. The van der Waals surface area contributed by atoms with E-state index in [1.54, 1.807) is 0 Å². The number of nitrogens with zero attached hydrogens (tertiary/aromatic N) is 1. The van der Waals surface area contributed by atoms with Crippen LogP contribution in [-0.4, -0.2) is 43.7 Å². The monoisotopic (exact) mass is 341 g/mol. The van der Waals surface area contributed by atoms with Crippen LogP contribution in [0, 0.1) is 11.8 Å². The average molecular weight is 342 g/mol. The maximum absolute atomic E-state index is 6.47. The molecule has 4 nitrogen and oxygen atoms in total. The zero-order chi connectivity index (χ0) is 16.1. The van der Waals surface area contributed by atoms with Crippen LogP contribution < -0.4 is 10.6 Å². The molecule has 2 aliphatic carbocycles. The second kappa shape index (κ2) is 8.57. The van der Waals surface area contributed by atoms with E-state index in [9.17, 15) is 0 Å². The van der Waals surface area contributed by atoms with Gasteiger partial charge in [-0.3, -0.25) is 4.99 Å². The number of aliphatic imine (C=N–C) groups is 1. The second-order valence-electron chi connectivity index (χ2n) is 7.49. The third-order valence-electron chi connectivity index (χ3n) is 5.91. The van der Waals surface area contributed by atoms with Gasteiger partial charge in [-0.2, -0.15) is 0 Å². The van der Waals surface area contributed by atoms with Crippen LogP contribution >= 0.6 is 11.6 Å². The molecule has 2 N–H and O–H groups in total. The largest absolute Gasteiger partial charge is 0.381 e. The Bertz CT molecular complexity index is 404. The number of nitrogens with one attached hydrogen (secondary N) is 2. The smallest absolute Gasteiger partial charge is 0.191 e. The summed E-state index contributed by atoms with van der Waals surface area (Å²) in [6.07, 6.45) is 11.7. The van der Waals surface area contributed by atoms with Crippen LogP contribution in [0.3, 0.4) is 0 Å². The Morgan fingerprint density at radius 3 is 2.87 bits per heavy atom. The number of ether oxygens (including phenoxy) is 1. The van der Waals surface area contributed by atoms with Crippen LogP contribution in [0.25, 0.3) is 0 Å². The Labute approximate surface area is 145 Å². The molecule has 3 aliphatic rings. The molecule has 0 amide bonds. The maximum Gasteiger partial charge on any atom is 0.191 e. The highest BCUT2D eigenvalue weighted by atomic mass is 35.5. The van der Waals surface area contributed by atoms with E-state index in [-0.39, 0.29) is 0 Å². The Morgan fingerprint density at radius 2 is 2.13 bits per heavy atom. The first-order valence-corrected chi connectivity index (χ1v) is 9.91. The molecule has 1 heterocycles. The number of guanidine groups is 1. The van der Waals surface area contributed by atoms with Crippen molar-refractivity contribution in [1.29, 1.82) is 0 Å². The highest BCUT2D eigenvalue weighted by Gasteiger charge is 2.33. The lowest BCUT2D eigenvalue weighted by Gasteiger charge is -2.38. The van der Waals surface area contributed by atoms with E-state index in [4.69, 9.17) is 16.3 Å². The van der Waals surface area contributed by atoms with Gasteiger partial charge in [0.25, 0.3) is 0 Å². The first-order chi connectivity index (χ1) is 11.3. The number of methoxy groups -OCH3 is 1. The molecule has 0 aromatic rings. The minimum absolute atomic E-state index is 0.348. The summed E-state index contributed by atoms with van der Waals surface area (Å²) in [7, 11) is 1.88. The van der Waals surface area contributed by atoms with Crippen LogP contribution in [0.15, 0.2) is 4.99 Å². The van der Waals surface area contributed by atoms with E-state index in [0.29, 0.717) is 29.4 Å². The van der Waals surface area contributed by atoms with Gasteiger partial charge in [0, 0.05) is 25.1 Å². The molecular formula is C18H32ClN3O. The summed E-state index contributed by atoms with van der Waals surface area (Å²) in [5.41, 5.74) is 0. The molecule has 5 unspecified atom stereocenters. The predicted octanol–water partition coefficient (Wildman–Crippen LogP) is 3.30. The minimum atomic E-state index is 0.348. The minimum Gasteiger partial charge on any atom is -0.381 e. The van der Waals surface area contributed by atoms with Gasteiger partial charge in [0.05, 0.1) is 12.6 Å². The lowest BCUT2D eigenvalue weighted by molar-refractivity contribution is 0.0135. The summed E-state index contributed by atoms with van der Waals surface area (Å²) >= 11 is 6.47. The molecule has 0 bridgehead atoms. The van der Waals surface area contributed by atoms with Gasteiger partial charge in [0.1, 0.15) is 0 Å². The first kappa shape index (κ1) is 17.3. The Hall–Kier alpha value is -0.480. The fourth-order valence-electron chi connectivity index (χ4n) is 4.65. The molecule has 5 atom stereocenters. The normalized spacial score (nSPS) is 36.2. The molecule has 5 heteroatoms. The topological polar surface area (TPSA) is 45.6 Å². The molecule has 0 spiro atoms. The molecule has 2 fully saturated rings. The van der Waals surface area contributed by atoms with Crippen LogP contribution in [0.4, 0.5) is 0 Å². The maximum atomic E-state index is 6.47. The van der Waals surface area contributed by atoms with Crippen molar-refractivity contribution in [2.45, 2.75) is 75.3 Å². The van der Waals surface area contributed by atoms with E-state index >= 15 is 0 Å². The number of rotatable bonds is 5. The van der Waals surface area contributed by atoms with E-state index in [1.807, 2.05) is 7.11 Å². The summed E-state index contributed by atoms with van der Waals surface area (Å²) in [5, 5.41) is 7.45. The summed E-state index contributed by atoms with van der Waals surface area (Å²) in [6.45, 7) is 1.85. The van der Waals surface area contributed by atoms with Gasteiger partial charge in [0.2, 0.25) is 0 Å². The molecule has 3 rings (SSSR count). The molecule has 0 saturated heterocycles. The van der Waals surface area contributed by atoms with Gasteiger partial charge in [0.15, 0.2) is 5.96 Å². The third-order valence-corrected chi connectivity index (χ3v) is 6.31. The van der Waals surface area contributed by atoms with Gasteiger partial charge < -0.3 is 15.4 Å². The van der Waals surface area contributed by atoms with Crippen molar-refractivity contribution in [2.24, 2.45) is 16.8 Å². The zero-order valence-corrected chi connectivity index (χ0v) is 15.2. The van der Waals surface area contributed by atoms with E-state index in [0.717, 1.165) is 25.5 Å². The van der Waals surface area contributed by atoms with Gasteiger partial charge in [-0.15, -0.1) is 11.6 Å². The highest BCUT2D eigenvalue weighted by Crippen LogP contribution is 2.36. The number of hydrogen-bond acceptors (Lipinski definition) is 4. The average Bonchev–Trinajstić information content (AvgIpc) is 3.08. The Morgan fingerprint density at radius 1 is 1.26 bits per heavy atom. The van der Waals surface area contributed by atoms with Gasteiger partial charge in [-0.1, -0.05) is 19.3 Å². The Balaban J connectivity index is 1.65. The van der Waals surface area contributed by atoms with Gasteiger partial charge in [-0.05, 0) is 50.4 Å². The van der Waals surface area contributed by atoms with Crippen molar-refractivity contribution in [1.82, 2.24) is 10.6 Å². The van der Waals surface area contributed by atoms with E-state index in [1.165, 1.54) is 51.4 Å². The SMILES string of the molecule is COC1CCCCC1CC(NC1=NCCN1)C1CCCC(Cl)C1. The lowest BCUT2D eigenvalue weighted by Crippen LogP contribution is -2.48. The molecule has 132 valence electrons. The molecule has 2 saturated carbocycles. The van der Waals surface area contributed by atoms with Gasteiger partial charge in [-0.25, -0.2) is 0 Å². The van der Waals surface area contributed by atoms with Gasteiger partial charge >= 0.3 is 0 Å². The van der Waals surface area contributed by atoms with Crippen molar-refractivity contribution in [3.63, 3.8) is 0 Å². The van der Waals surface area contributed by atoms with Crippen molar-refractivity contribution in [2.75, 3.05) is 20.2 Å². The van der Waals surface area contributed by atoms with Crippen LogP contribution in [-0.2, 0) is 4.74 Å². The zero-order valence-electron chi connectivity index (χ0n) is 14.4. The number of halogens is 1. The second-order valence-corrected chi connectivity index (χ2v) is 8.10. The van der Waals surface area contributed by atoms with Crippen molar-refractivity contribution in [3.05, 3.63) is 0 Å². The van der Waals surface area contributed by atoms with Crippen molar-refractivity contribution in [3.8, 4) is 0 Å². The summed E-state index contributed by atoms with van der Waals surface area (Å²) in [4.78, 5) is 4.55. The predicted molar refractivity (Wildman–Crippen MR) is 96.2 cm³/mol. The van der Waals surface area contributed by atoms with Crippen molar-refractivity contribution < 1.29 is 4.74 Å². The standard InChI is InChI=1S/C18H32ClN3O/c1-23-17-8-3-2-5-14(17)12-16(22-18-20-9-10-21-18)13-6-4-7-15(19)11-13/h13-17H,2-12H2,1H3,(H2,20,21,22).